The average Bonchev–Trinajstić information content (AvgIpc) is 1.94. The van der Waals surface area contributed by atoms with E-state index in [1.807, 2.05) is 31.7 Å². The molecule has 54 valence electrons. The van der Waals surface area contributed by atoms with E-state index in [1.165, 1.54) is 0 Å². The Hall–Kier alpha value is -0.990. The molecule has 0 spiro atoms. The molecule has 1 aliphatic heterocycles. The van der Waals surface area contributed by atoms with Gasteiger partial charge in [-0.2, -0.15) is 0 Å². The molecule has 0 aliphatic carbocycles. The van der Waals surface area contributed by atoms with Gasteiger partial charge in [-0.1, -0.05) is 0 Å². The molecule has 0 fully saturated rings. The maximum atomic E-state index is 4.26. The molecule has 0 aromatic heterocycles. The third kappa shape index (κ3) is 1.76. The van der Waals surface area contributed by atoms with Crippen molar-refractivity contribution in [2.24, 2.45) is 9.98 Å². The molecule has 0 radical (unpaired) electrons. The summed E-state index contributed by atoms with van der Waals surface area (Å²) in [6.45, 7) is 4.03. The molecule has 0 atom stereocenters. The molecule has 0 aromatic carbocycles. The van der Waals surface area contributed by atoms with Crippen LogP contribution in [0.15, 0.2) is 9.98 Å². The summed E-state index contributed by atoms with van der Waals surface area (Å²) in [7, 11) is 1.90. The summed E-state index contributed by atoms with van der Waals surface area (Å²) in [5.41, 5.74) is -0.152. The summed E-state index contributed by atoms with van der Waals surface area (Å²) in [6, 6.07) is 0. The largest absolute Gasteiger partial charge is 0.243 e. The fourth-order valence-electron chi connectivity index (χ4n) is 0.624. The Balaban J connectivity index is 2.88. The number of hydrogen-bond donors (Lipinski definition) is 0. The highest BCUT2D eigenvalue weighted by Crippen LogP contribution is 2.04. The van der Waals surface area contributed by atoms with E-state index in [2.05, 4.69) is 9.98 Å². The minimum Gasteiger partial charge on any atom is -0.243 e. The number of aliphatic imine (C=N–C) groups is 2. The topological polar surface area (TPSA) is 27.7 Å². The van der Waals surface area contributed by atoms with Gasteiger partial charge in [-0.15, -0.1) is 9.98 Å². The highest BCUT2D eigenvalue weighted by molar-refractivity contribution is 5.80. The molecule has 0 amide bonds. The summed E-state index contributed by atoms with van der Waals surface area (Å²) >= 11 is 0. The Morgan fingerprint density at radius 3 is 2.80 bits per heavy atom. The van der Waals surface area contributed by atoms with Gasteiger partial charge in [-0.05, 0) is 13.8 Å². The molecular weight excluding hydrogens is 126 g/mol. The van der Waals surface area contributed by atoms with E-state index in [1.54, 1.807) is 12.7 Å². The van der Waals surface area contributed by atoms with Crippen LogP contribution in [0.3, 0.4) is 0 Å². The molecule has 0 N–H and O–H groups in total. The van der Waals surface area contributed by atoms with Crippen LogP contribution in [0.4, 0.5) is 0 Å². The lowest BCUT2D eigenvalue weighted by Gasteiger charge is -2.02. The lowest BCUT2D eigenvalue weighted by Crippen LogP contribution is -2.18. The normalized spacial score (nSPS) is 22.1. The maximum Gasteiger partial charge on any atom is 0.224 e. The van der Waals surface area contributed by atoms with E-state index >= 15 is 0 Å². The average molecular weight is 138 g/mol. The van der Waals surface area contributed by atoms with Gasteiger partial charge in [0.2, 0.25) is 12.7 Å². The van der Waals surface area contributed by atoms with Gasteiger partial charge in [0.1, 0.15) is 6.21 Å². The van der Waals surface area contributed by atoms with Crippen molar-refractivity contribution in [3.05, 3.63) is 0 Å². The predicted octanol–water partition coefficient (Wildman–Crippen LogP) is 0.548. The summed E-state index contributed by atoms with van der Waals surface area (Å²) in [5, 5.41) is 0. The Morgan fingerprint density at radius 2 is 2.10 bits per heavy atom. The van der Waals surface area contributed by atoms with Crippen LogP contribution in [-0.2, 0) is 0 Å². The molecule has 10 heavy (non-hydrogen) atoms. The van der Waals surface area contributed by atoms with Crippen molar-refractivity contribution in [1.82, 2.24) is 0 Å². The van der Waals surface area contributed by atoms with Gasteiger partial charge in [-0.25, -0.2) is 4.58 Å². The molecule has 3 heteroatoms. The SMILES string of the molecule is C[N+]1=CN=CC(C)(C)N=C1. The molecule has 3 nitrogen and oxygen atoms in total. The highest BCUT2D eigenvalue weighted by atomic mass is 15.1. The summed E-state index contributed by atoms with van der Waals surface area (Å²) in [5.74, 6) is 0. The standard InChI is InChI=1S/C7H12N3/c1-7(2)4-8-5-10(3)6-9-7/h4-6H,1-3H3/q+1. The first-order chi connectivity index (χ1) is 4.60. The van der Waals surface area contributed by atoms with E-state index < -0.39 is 0 Å². The Bertz CT molecular complexity index is 211. The van der Waals surface area contributed by atoms with Crippen molar-refractivity contribution < 1.29 is 4.58 Å². The van der Waals surface area contributed by atoms with Crippen LogP contribution in [0.5, 0.6) is 0 Å². The minimum absolute atomic E-state index is 0.152. The molecule has 0 unspecified atom stereocenters. The highest BCUT2D eigenvalue weighted by Gasteiger charge is 2.19. The number of rotatable bonds is 0. The molecule has 0 saturated heterocycles. The van der Waals surface area contributed by atoms with Gasteiger partial charge in [0.15, 0.2) is 5.54 Å². The van der Waals surface area contributed by atoms with E-state index in [0.717, 1.165) is 0 Å². The molecule has 1 heterocycles. The zero-order valence-electron chi connectivity index (χ0n) is 6.57. The van der Waals surface area contributed by atoms with Crippen molar-refractivity contribution >= 4 is 18.9 Å². The van der Waals surface area contributed by atoms with Gasteiger partial charge in [0, 0.05) is 0 Å². The fraction of sp³-hybridized carbons (Fsp3) is 0.571. The van der Waals surface area contributed by atoms with Crippen LogP contribution in [0.1, 0.15) is 13.8 Å². The van der Waals surface area contributed by atoms with Crippen molar-refractivity contribution in [2.45, 2.75) is 19.4 Å². The van der Waals surface area contributed by atoms with Crippen LogP contribution in [0.25, 0.3) is 0 Å². The van der Waals surface area contributed by atoms with Crippen molar-refractivity contribution in [1.29, 1.82) is 0 Å². The Labute approximate surface area is 60.8 Å². The fourth-order valence-corrected chi connectivity index (χ4v) is 0.624. The van der Waals surface area contributed by atoms with Crippen molar-refractivity contribution in [3.8, 4) is 0 Å². The van der Waals surface area contributed by atoms with Gasteiger partial charge < -0.3 is 0 Å². The number of hydrogen-bond acceptors (Lipinski definition) is 2. The van der Waals surface area contributed by atoms with Crippen molar-refractivity contribution in [2.75, 3.05) is 7.05 Å². The first-order valence-electron chi connectivity index (χ1n) is 3.25. The van der Waals surface area contributed by atoms with Crippen LogP contribution in [-0.4, -0.2) is 36.1 Å². The third-order valence-corrected chi connectivity index (χ3v) is 1.21. The molecule has 0 aromatic rings. The van der Waals surface area contributed by atoms with Gasteiger partial charge in [0.05, 0.1) is 7.05 Å². The molecule has 1 aliphatic rings. The minimum atomic E-state index is -0.152. The first kappa shape index (κ1) is 7.12. The predicted molar refractivity (Wildman–Crippen MR) is 43.3 cm³/mol. The second-order valence-corrected chi connectivity index (χ2v) is 2.96. The van der Waals surface area contributed by atoms with Crippen LogP contribution in [0, 0.1) is 0 Å². The monoisotopic (exact) mass is 138 g/mol. The van der Waals surface area contributed by atoms with E-state index in [4.69, 9.17) is 0 Å². The molecule has 1 rings (SSSR count). The second kappa shape index (κ2) is 2.33. The van der Waals surface area contributed by atoms with Gasteiger partial charge in [-0.3, -0.25) is 0 Å². The first-order valence-corrected chi connectivity index (χ1v) is 3.25. The second-order valence-electron chi connectivity index (χ2n) is 2.96. The third-order valence-electron chi connectivity index (χ3n) is 1.21. The van der Waals surface area contributed by atoms with Gasteiger partial charge in [0.25, 0.3) is 0 Å². The van der Waals surface area contributed by atoms with Crippen LogP contribution < -0.4 is 0 Å². The van der Waals surface area contributed by atoms with Crippen LogP contribution in [0.2, 0.25) is 0 Å². The lowest BCUT2D eigenvalue weighted by atomic mass is 10.1. The zero-order chi connectivity index (χ0) is 7.61. The Kier molecular flexibility index (Phi) is 1.66. The van der Waals surface area contributed by atoms with E-state index in [-0.39, 0.29) is 5.54 Å². The van der Waals surface area contributed by atoms with Gasteiger partial charge >= 0.3 is 0 Å². The number of nitrogens with zero attached hydrogens (tertiary/aromatic N) is 3. The summed E-state index contributed by atoms with van der Waals surface area (Å²) < 4.78 is 1.82. The van der Waals surface area contributed by atoms with E-state index in [9.17, 15) is 0 Å². The molecular formula is C7H12N3+. The zero-order valence-corrected chi connectivity index (χ0v) is 6.57. The lowest BCUT2D eigenvalue weighted by molar-refractivity contribution is -0.355. The van der Waals surface area contributed by atoms with E-state index in [0.29, 0.717) is 0 Å². The van der Waals surface area contributed by atoms with Crippen LogP contribution >= 0.6 is 0 Å². The maximum absolute atomic E-state index is 4.26. The molecule has 0 saturated carbocycles. The molecule has 0 bridgehead atoms. The quantitative estimate of drug-likeness (QED) is 0.437. The smallest absolute Gasteiger partial charge is 0.224 e. The van der Waals surface area contributed by atoms with Crippen molar-refractivity contribution in [3.63, 3.8) is 0 Å². The summed E-state index contributed by atoms with van der Waals surface area (Å²) in [6.07, 6.45) is 5.33. The Morgan fingerprint density at radius 1 is 1.40 bits per heavy atom. The summed E-state index contributed by atoms with van der Waals surface area (Å²) in [4.78, 5) is 8.31.